The van der Waals surface area contributed by atoms with E-state index in [-0.39, 0.29) is 23.2 Å². The second kappa shape index (κ2) is 5.27. The number of nitrogens with zero attached hydrogens (tertiary/aromatic N) is 1. The maximum atomic E-state index is 12.7. The first-order valence-electron chi connectivity index (χ1n) is 7.76. The summed E-state index contributed by atoms with van der Waals surface area (Å²) in [6.45, 7) is 0.772. The lowest BCUT2D eigenvalue weighted by Crippen LogP contribution is -2.58. The first-order chi connectivity index (χ1) is 10.2. The number of amides is 1. The summed E-state index contributed by atoms with van der Waals surface area (Å²) < 4.78 is 0. The Morgan fingerprint density at radius 1 is 1.19 bits per heavy atom. The van der Waals surface area contributed by atoms with Crippen LogP contribution in [0.1, 0.15) is 19.3 Å². The number of hydrogen-bond acceptors (Lipinski definition) is 3. The van der Waals surface area contributed by atoms with Gasteiger partial charge in [0.1, 0.15) is 0 Å². The number of piperidine rings is 1. The summed E-state index contributed by atoms with van der Waals surface area (Å²) in [6.07, 6.45) is 3.18. The molecule has 3 aliphatic rings. The van der Waals surface area contributed by atoms with Crippen LogP contribution in [0.3, 0.4) is 0 Å². The minimum Gasteiger partial charge on any atom is -0.313 e. The molecule has 112 valence electrons. The highest BCUT2D eigenvalue weighted by Gasteiger charge is 2.50. The second-order valence-electron chi connectivity index (χ2n) is 6.36. The molecule has 1 saturated carbocycles. The van der Waals surface area contributed by atoms with Gasteiger partial charge in [0.05, 0.1) is 11.6 Å². The molecule has 2 N–H and O–H groups in total. The molecule has 1 aromatic carbocycles. The highest BCUT2D eigenvalue weighted by atomic mass is 35.5. The topological polar surface area (TPSA) is 44.4 Å². The average Bonchev–Trinajstić information content (AvgIpc) is 2.86. The number of hydrazine groups is 1. The van der Waals surface area contributed by atoms with E-state index in [1.165, 1.54) is 0 Å². The van der Waals surface area contributed by atoms with Crippen LogP contribution in [0.15, 0.2) is 30.3 Å². The minimum absolute atomic E-state index is 0.0217. The Hall–Kier alpha value is -1.10. The summed E-state index contributed by atoms with van der Waals surface area (Å²) in [4.78, 5) is 12.7. The van der Waals surface area contributed by atoms with E-state index < -0.39 is 0 Å². The van der Waals surface area contributed by atoms with Gasteiger partial charge in [-0.05, 0) is 37.3 Å². The summed E-state index contributed by atoms with van der Waals surface area (Å²) >= 11 is 6.36. The van der Waals surface area contributed by atoms with Crippen LogP contribution in [-0.4, -0.2) is 29.9 Å². The first-order valence-corrected chi connectivity index (χ1v) is 8.20. The van der Waals surface area contributed by atoms with Crippen molar-refractivity contribution in [1.82, 2.24) is 10.7 Å². The molecule has 1 amide bonds. The minimum atomic E-state index is 0.0217. The van der Waals surface area contributed by atoms with Crippen LogP contribution in [0, 0.1) is 11.8 Å². The molecule has 2 aliphatic heterocycles. The SMILES string of the molecule is O=C1C2CNC3CCC(Cl)CC3C2NN1c1ccccc1. The molecule has 3 fully saturated rings. The predicted octanol–water partition coefficient (Wildman–Crippen LogP) is 1.90. The lowest BCUT2D eigenvalue weighted by molar-refractivity contribution is -0.121. The van der Waals surface area contributed by atoms with Crippen molar-refractivity contribution < 1.29 is 4.79 Å². The number of para-hydroxylation sites is 1. The standard InChI is InChI=1S/C16H20ClN3O/c17-10-6-7-14-12(8-10)15-13(9-18-14)16(21)20(19-15)11-4-2-1-3-5-11/h1-5,10,12-15,18-19H,6-9H2. The summed E-state index contributed by atoms with van der Waals surface area (Å²) in [5, 5.41) is 5.55. The van der Waals surface area contributed by atoms with Gasteiger partial charge < -0.3 is 5.32 Å². The maximum absolute atomic E-state index is 12.7. The normalized spacial score (nSPS) is 39.0. The van der Waals surface area contributed by atoms with Gasteiger partial charge in [0.25, 0.3) is 0 Å². The molecule has 0 radical (unpaired) electrons. The fraction of sp³-hybridized carbons (Fsp3) is 0.562. The molecule has 4 rings (SSSR count). The van der Waals surface area contributed by atoms with E-state index in [2.05, 4.69) is 10.7 Å². The van der Waals surface area contributed by atoms with E-state index in [0.29, 0.717) is 12.0 Å². The molecule has 1 aromatic rings. The van der Waals surface area contributed by atoms with E-state index in [4.69, 9.17) is 11.6 Å². The zero-order chi connectivity index (χ0) is 14.4. The monoisotopic (exact) mass is 305 g/mol. The summed E-state index contributed by atoms with van der Waals surface area (Å²) in [5.41, 5.74) is 4.39. The van der Waals surface area contributed by atoms with Crippen molar-refractivity contribution in [3.63, 3.8) is 0 Å². The molecule has 0 aromatic heterocycles. The van der Waals surface area contributed by atoms with Gasteiger partial charge in [-0.2, -0.15) is 0 Å². The second-order valence-corrected chi connectivity index (χ2v) is 6.98. The van der Waals surface area contributed by atoms with Gasteiger partial charge in [0.15, 0.2) is 0 Å². The molecule has 1 aliphatic carbocycles. The highest BCUT2D eigenvalue weighted by Crippen LogP contribution is 2.38. The van der Waals surface area contributed by atoms with Crippen LogP contribution < -0.4 is 15.8 Å². The van der Waals surface area contributed by atoms with E-state index >= 15 is 0 Å². The summed E-state index contributed by atoms with van der Waals surface area (Å²) in [5.74, 6) is 0.639. The third-order valence-corrected chi connectivity index (χ3v) is 5.56. The number of alkyl halides is 1. The maximum Gasteiger partial charge on any atom is 0.247 e. The van der Waals surface area contributed by atoms with Crippen LogP contribution >= 0.6 is 11.6 Å². The molecule has 5 atom stereocenters. The smallest absolute Gasteiger partial charge is 0.247 e. The molecule has 2 heterocycles. The fourth-order valence-electron chi connectivity index (χ4n) is 4.09. The third-order valence-electron chi connectivity index (χ3n) is 5.16. The first kappa shape index (κ1) is 13.6. The number of benzene rings is 1. The Balaban J connectivity index is 1.60. The van der Waals surface area contributed by atoms with Crippen molar-refractivity contribution in [3.05, 3.63) is 30.3 Å². The Morgan fingerprint density at radius 2 is 2.00 bits per heavy atom. The fourth-order valence-corrected chi connectivity index (χ4v) is 4.42. The largest absolute Gasteiger partial charge is 0.313 e. The van der Waals surface area contributed by atoms with Gasteiger partial charge in [-0.25, -0.2) is 10.4 Å². The van der Waals surface area contributed by atoms with Gasteiger partial charge >= 0.3 is 0 Å². The number of hydrogen-bond donors (Lipinski definition) is 2. The molecule has 5 heteroatoms. The molecule has 21 heavy (non-hydrogen) atoms. The van der Waals surface area contributed by atoms with Crippen molar-refractivity contribution in [2.45, 2.75) is 36.7 Å². The molecular formula is C16H20ClN3O. The van der Waals surface area contributed by atoms with Crippen LogP contribution in [0.25, 0.3) is 0 Å². The lowest BCUT2D eigenvalue weighted by Gasteiger charge is -2.43. The average molecular weight is 306 g/mol. The van der Waals surface area contributed by atoms with Crippen molar-refractivity contribution in [1.29, 1.82) is 0 Å². The third kappa shape index (κ3) is 2.26. The van der Waals surface area contributed by atoms with E-state index in [0.717, 1.165) is 31.5 Å². The Kier molecular flexibility index (Phi) is 3.40. The molecule has 2 saturated heterocycles. The van der Waals surface area contributed by atoms with Gasteiger partial charge in [0.2, 0.25) is 5.91 Å². The molecule has 0 bridgehead atoms. The van der Waals surface area contributed by atoms with Gasteiger partial charge in [0, 0.05) is 24.0 Å². The van der Waals surface area contributed by atoms with Crippen LogP contribution in [0.4, 0.5) is 5.69 Å². The van der Waals surface area contributed by atoms with Crippen LogP contribution in [-0.2, 0) is 4.79 Å². The van der Waals surface area contributed by atoms with Gasteiger partial charge in [-0.1, -0.05) is 18.2 Å². The van der Waals surface area contributed by atoms with Crippen molar-refractivity contribution in [2.24, 2.45) is 11.8 Å². The highest BCUT2D eigenvalue weighted by molar-refractivity contribution is 6.20. The van der Waals surface area contributed by atoms with E-state index in [1.54, 1.807) is 5.01 Å². The van der Waals surface area contributed by atoms with Gasteiger partial charge in [-0.15, -0.1) is 11.6 Å². The molecule has 5 unspecified atom stereocenters. The Bertz CT molecular complexity index is 538. The van der Waals surface area contributed by atoms with Gasteiger partial charge in [-0.3, -0.25) is 4.79 Å². The molecule has 0 spiro atoms. The zero-order valence-electron chi connectivity index (χ0n) is 11.8. The van der Waals surface area contributed by atoms with Crippen molar-refractivity contribution in [2.75, 3.05) is 11.6 Å². The van der Waals surface area contributed by atoms with E-state index in [1.807, 2.05) is 30.3 Å². The van der Waals surface area contributed by atoms with Crippen molar-refractivity contribution >= 4 is 23.2 Å². The summed E-state index contributed by atoms with van der Waals surface area (Å²) in [7, 11) is 0. The number of anilines is 1. The number of halogens is 1. The zero-order valence-corrected chi connectivity index (χ0v) is 12.6. The summed E-state index contributed by atoms with van der Waals surface area (Å²) in [6, 6.07) is 10.5. The predicted molar refractivity (Wildman–Crippen MR) is 83.1 cm³/mol. The Labute approximate surface area is 129 Å². The van der Waals surface area contributed by atoms with E-state index in [9.17, 15) is 4.79 Å². The van der Waals surface area contributed by atoms with Crippen molar-refractivity contribution in [3.8, 4) is 0 Å². The quantitative estimate of drug-likeness (QED) is 0.779. The molecular weight excluding hydrogens is 286 g/mol. The number of rotatable bonds is 1. The van der Waals surface area contributed by atoms with Crippen LogP contribution in [0.5, 0.6) is 0 Å². The number of carbonyl (C=O) groups is 1. The van der Waals surface area contributed by atoms with Crippen LogP contribution in [0.2, 0.25) is 0 Å². The molecule has 4 nitrogen and oxygen atoms in total. The number of fused-ring (bicyclic) bond motifs is 3. The number of nitrogens with one attached hydrogen (secondary N) is 2. The lowest BCUT2D eigenvalue weighted by atomic mass is 9.73. The Morgan fingerprint density at radius 3 is 2.81 bits per heavy atom. The number of carbonyl (C=O) groups excluding carboxylic acids is 1.